The molecule has 1 aliphatic rings. The van der Waals surface area contributed by atoms with Crippen molar-refractivity contribution >= 4 is 11.8 Å². The molecule has 0 radical (unpaired) electrons. The smallest absolute Gasteiger partial charge is 0.254 e. The molecular weight excluding hydrogens is 361 g/mol. The number of nitrogens with zero attached hydrogens (tertiary/aromatic N) is 4. The molecule has 0 aliphatic carbocycles. The van der Waals surface area contributed by atoms with E-state index in [-0.39, 0.29) is 17.4 Å². The van der Waals surface area contributed by atoms with E-state index >= 15 is 0 Å². The highest BCUT2D eigenvalue weighted by molar-refractivity contribution is 5.98. The number of carbonyl (C=O) groups excluding carboxylic acids is 2. The molecule has 1 aliphatic heterocycles. The van der Waals surface area contributed by atoms with Crippen LogP contribution in [0, 0.1) is 5.82 Å². The van der Waals surface area contributed by atoms with E-state index in [9.17, 15) is 14.0 Å². The number of aryl methyl sites for hydroxylation is 1. The van der Waals surface area contributed by atoms with Crippen LogP contribution in [-0.2, 0) is 11.8 Å². The molecule has 2 heterocycles. The molecule has 1 atom stereocenters. The predicted octanol–water partition coefficient (Wildman–Crippen LogP) is 1.93. The molecule has 0 bridgehead atoms. The third kappa shape index (κ3) is 3.24. The Kier molecular flexibility index (Phi) is 4.60. The van der Waals surface area contributed by atoms with E-state index in [1.165, 1.54) is 17.0 Å². The number of nitrogens with one attached hydrogen (secondary N) is 1. The largest absolute Gasteiger partial charge is 0.352 e. The highest BCUT2D eigenvalue weighted by Crippen LogP contribution is 2.27. The summed E-state index contributed by atoms with van der Waals surface area (Å²) in [6, 6.07) is 11.9. The Labute approximate surface area is 160 Å². The van der Waals surface area contributed by atoms with Crippen molar-refractivity contribution < 1.29 is 14.0 Å². The minimum Gasteiger partial charge on any atom is -0.352 e. The maximum absolute atomic E-state index is 14.3. The van der Waals surface area contributed by atoms with Crippen molar-refractivity contribution in [3.63, 3.8) is 0 Å². The Balaban J connectivity index is 1.63. The molecule has 0 spiro atoms. The number of piperazine rings is 1. The van der Waals surface area contributed by atoms with E-state index in [4.69, 9.17) is 0 Å². The highest BCUT2D eigenvalue weighted by atomic mass is 19.1. The first-order chi connectivity index (χ1) is 13.5. The van der Waals surface area contributed by atoms with Crippen LogP contribution < -0.4 is 5.32 Å². The van der Waals surface area contributed by atoms with Crippen LogP contribution in [0.4, 0.5) is 4.39 Å². The number of halogens is 1. The van der Waals surface area contributed by atoms with Crippen LogP contribution in [0.15, 0.2) is 54.9 Å². The molecule has 4 rings (SSSR count). The van der Waals surface area contributed by atoms with E-state index in [0.717, 1.165) is 5.56 Å². The number of amides is 2. The van der Waals surface area contributed by atoms with Crippen LogP contribution in [0.5, 0.6) is 0 Å². The molecule has 1 saturated heterocycles. The van der Waals surface area contributed by atoms with E-state index in [1.54, 1.807) is 54.5 Å². The van der Waals surface area contributed by atoms with Crippen molar-refractivity contribution in [1.82, 2.24) is 25.0 Å². The third-order valence-electron chi connectivity index (χ3n) is 4.66. The molecule has 142 valence electrons. The molecule has 2 amide bonds. The van der Waals surface area contributed by atoms with Crippen molar-refractivity contribution in [2.75, 3.05) is 13.1 Å². The fourth-order valence-corrected chi connectivity index (χ4v) is 3.29. The molecule has 1 fully saturated rings. The molecule has 1 N–H and O–H groups in total. The number of rotatable bonds is 3. The fourth-order valence-electron chi connectivity index (χ4n) is 3.29. The van der Waals surface area contributed by atoms with Crippen LogP contribution in [-0.4, -0.2) is 44.6 Å². The molecule has 28 heavy (non-hydrogen) atoms. The fraction of sp³-hybridized carbons (Fsp3) is 0.200. The zero-order chi connectivity index (χ0) is 19.7. The second-order valence-electron chi connectivity index (χ2n) is 6.53. The Morgan fingerprint density at radius 2 is 1.93 bits per heavy atom. The van der Waals surface area contributed by atoms with Crippen molar-refractivity contribution in [3.8, 4) is 11.4 Å². The standard InChI is InChI=1S/C20H18FN5O2/c1-25-12-23-18(24-25)13-6-8-14(9-7-13)20(28)26-11-10-22-19(27)17(26)15-4-2-3-5-16(15)21/h2-9,12,17H,10-11H2,1H3,(H,22,27). The maximum Gasteiger partial charge on any atom is 0.254 e. The maximum atomic E-state index is 14.3. The minimum atomic E-state index is -1.00. The molecule has 7 nitrogen and oxygen atoms in total. The highest BCUT2D eigenvalue weighted by Gasteiger charge is 2.36. The van der Waals surface area contributed by atoms with Gasteiger partial charge < -0.3 is 10.2 Å². The molecular formula is C20H18FN5O2. The summed E-state index contributed by atoms with van der Waals surface area (Å²) in [5.41, 5.74) is 1.37. The van der Waals surface area contributed by atoms with Gasteiger partial charge in [-0.25, -0.2) is 9.37 Å². The Bertz CT molecular complexity index is 1030. The second-order valence-corrected chi connectivity index (χ2v) is 6.53. The lowest BCUT2D eigenvalue weighted by atomic mass is 10.00. The molecule has 3 aromatic rings. The Morgan fingerprint density at radius 3 is 2.61 bits per heavy atom. The number of hydrogen-bond donors (Lipinski definition) is 1. The van der Waals surface area contributed by atoms with Gasteiger partial charge in [-0.1, -0.05) is 30.3 Å². The first-order valence-corrected chi connectivity index (χ1v) is 8.84. The van der Waals surface area contributed by atoms with Gasteiger partial charge in [-0.15, -0.1) is 0 Å². The monoisotopic (exact) mass is 379 g/mol. The van der Waals surface area contributed by atoms with Crippen LogP contribution in [0.25, 0.3) is 11.4 Å². The number of benzene rings is 2. The summed E-state index contributed by atoms with van der Waals surface area (Å²) in [7, 11) is 1.78. The van der Waals surface area contributed by atoms with Gasteiger partial charge >= 0.3 is 0 Å². The van der Waals surface area contributed by atoms with Crippen LogP contribution in [0.2, 0.25) is 0 Å². The number of hydrogen-bond acceptors (Lipinski definition) is 4. The van der Waals surface area contributed by atoms with Crippen molar-refractivity contribution in [2.24, 2.45) is 7.05 Å². The summed E-state index contributed by atoms with van der Waals surface area (Å²) in [5.74, 6) is -0.676. The van der Waals surface area contributed by atoms with Gasteiger partial charge in [0, 0.05) is 36.8 Å². The van der Waals surface area contributed by atoms with Gasteiger partial charge in [-0.3, -0.25) is 14.3 Å². The summed E-state index contributed by atoms with van der Waals surface area (Å²) < 4.78 is 15.9. The lowest BCUT2D eigenvalue weighted by Gasteiger charge is -2.35. The van der Waals surface area contributed by atoms with Gasteiger partial charge in [0.1, 0.15) is 18.2 Å². The van der Waals surface area contributed by atoms with Crippen molar-refractivity contribution in [1.29, 1.82) is 0 Å². The summed E-state index contributed by atoms with van der Waals surface area (Å²) in [4.78, 5) is 31.1. The average Bonchev–Trinajstić information content (AvgIpc) is 3.14. The van der Waals surface area contributed by atoms with Crippen LogP contribution in [0.3, 0.4) is 0 Å². The van der Waals surface area contributed by atoms with Crippen molar-refractivity contribution in [3.05, 3.63) is 71.8 Å². The SMILES string of the molecule is Cn1cnc(-c2ccc(C(=O)N3CCNC(=O)C3c3ccccc3F)cc2)n1. The van der Waals surface area contributed by atoms with E-state index in [1.807, 2.05) is 0 Å². The quantitative estimate of drug-likeness (QED) is 0.754. The van der Waals surface area contributed by atoms with Crippen LogP contribution in [0.1, 0.15) is 22.0 Å². The first kappa shape index (κ1) is 17.8. The lowest BCUT2D eigenvalue weighted by molar-refractivity contribution is -0.128. The van der Waals surface area contributed by atoms with Gasteiger partial charge in [0.25, 0.3) is 5.91 Å². The van der Waals surface area contributed by atoms with Gasteiger partial charge in [-0.05, 0) is 18.2 Å². The second kappa shape index (κ2) is 7.22. The van der Waals surface area contributed by atoms with Gasteiger partial charge in [0.15, 0.2) is 5.82 Å². The van der Waals surface area contributed by atoms with Gasteiger partial charge in [-0.2, -0.15) is 5.10 Å². The molecule has 8 heteroatoms. The normalized spacial score (nSPS) is 16.7. The first-order valence-electron chi connectivity index (χ1n) is 8.84. The summed E-state index contributed by atoms with van der Waals surface area (Å²) in [6.07, 6.45) is 1.60. The average molecular weight is 379 g/mol. The number of carbonyl (C=O) groups is 2. The van der Waals surface area contributed by atoms with E-state index in [0.29, 0.717) is 24.5 Å². The minimum absolute atomic E-state index is 0.183. The predicted molar refractivity (Wildman–Crippen MR) is 99.6 cm³/mol. The van der Waals surface area contributed by atoms with Gasteiger partial charge in [0.05, 0.1) is 0 Å². The lowest BCUT2D eigenvalue weighted by Crippen LogP contribution is -2.52. The third-order valence-corrected chi connectivity index (χ3v) is 4.66. The van der Waals surface area contributed by atoms with Gasteiger partial charge in [0.2, 0.25) is 5.91 Å². The summed E-state index contributed by atoms with van der Waals surface area (Å²) in [5, 5.41) is 6.94. The van der Waals surface area contributed by atoms with E-state index in [2.05, 4.69) is 15.4 Å². The molecule has 0 saturated carbocycles. The van der Waals surface area contributed by atoms with Crippen LogP contribution >= 0.6 is 0 Å². The molecule has 1 unspecified atom stereocenters. The zero-order valence-corrected chi connectivity index (χ0v) is 15.2. The van der Waals surface area contributed by atoms with Crippen molar-refractivity contribution in [2.45, 2.75) is 6.04 Å². The summed E-state index contributed by atoms with van der Waals surface area (Å²) in [6.45, 7) is 0.624. The Hall–Kier alpha value is -3.55. The Morgan fingerprint density at radius 1 is 1.18 bits per heavy atom. The number of aromatic nitrogens is 3. The zero-order valence-electron chi connectivity index (χ0n) is 15.2. The summed E-state index contributed by atoms with van der Waals surface area (Å²) >= 11 is 0. The van der Waals surface area contributed by atoms with E-state index < -0.39 is 11.9 Å². The molecule has 1 aromatic heterocycles. The topological polar surface area (TPSA) is 80.1 Å². The molecule has 2 aromatic carbocycles.